The Bertz CT molecular complexity index is 280. The fourth-order valence-corrected chi connectivity index (χ4v) is 2.77. The first-order valence-corrected chi connectivity index (χ1v) is 6.92. The van der Waals surface area contributed by atoms with Crippen LogP contribution >= 0.6 is 11.3 Å². The molecule has 1 aromatic heterocycles. The summed E-state index contributed by atoms with van der Waals surface area (Å²) < 4.78 is 0. The number of hydrogen-bond donors (Lipinski definition) is 1. The van der Waals surface area contributed by atoms with Crippen LogP contribution in [0.2, 0.25) is 0 Å². The van der Waals surface area contributed by atoms with E-state index >= 15 is 0 Å². The maximum absolute atomic E-state index is 5.90. The molecule has 1 rings (SSSR count). The van der Waals surface area contributed by atoms with E-state index in [0.29, 0.717) is 18.0 Å². The van der Waals surface area contributed by atoms with Gasteiger partial charge in [0.25, 0.3) is 0 Å². The molecule has 0 aliphatic rings. The van der Waals surface area contributed by atoms with E-state index in [1.807, 2.05) is 11.3 Å². The standard InChI is InChI=1S/C13H24N2S/c1-10(2)13(8-14)15(11(3)4)9-12-6-5-7-16-12/h5-7,10-11,13H,8-9,14H2,1-4H3. The molecule has 92 valence electrons. The van der Waals surface area contributed by atoms with Crippen LogP contribution in [0.1, 0.15) is 32.6 Å². The molecule has 0 saturated heterocycles. The van der Waals surface area contributed by atoms with Gasteiger partial charge >= 0.3 is 0 Å². The first kappa shape index (κ1) is 13.7. The van der Waals surface area contributed by atoms with Crippen molar-refractivity contribution in [2.45, 2.75) is 46.3 Å². The molecule has 1 aromatic rings. The molecule has 3 heteroatoms. The Morgan fingerprint density at radius 3 is 2.38 bits per heavy atom. The molecule has 0 bridgehead atoms. The molecule has 0 aromatic carbocycles. The van der Waals surface area contributed by atoms with Crippen molar-refractivity contribution in [2.75, 3.05) is 6.54 Å². The predicted octanol–water partition coefficient (Wildman–Crippen LogP) is 2.94. The van der Waals surface area contributed by atoms with Crippen LogP contribution in [0.15, 0.2) is 17.5 Å². The van der Waals surface area contributed by atoms with Crippen LogP contribution in [0, 0.1) is 5.92 Å². The molecule has 0 spiro atoms. The second-order valence-electron chi connectivity index (χ2n) is 4.89. The van der Waals surface area contributed by atoms with Gasteiger partial charge in [0.05, 0.1) is 0 Å². The maximum atomic E-state index is 5.90. The van der Waals surface area contributed by atoms with Crippen molar-refractivity contribution in [1.29, 1.82) is 0 Å². The molecule has 0 aliphatic heterocycles. The number of nitrogens with zero attached hydrogens (tertiary/aromatic N) is 1. The normalized spacial score (nSPS) is 14.0. The molecular weight excluding hydrogens is 216 g/mol. The summed E-state index contributed by atoms with van der Waals surface area (Å²) in [5, 5.41) is 2.14. The molecular formula is C13H24N2S. The van der Waals surface area contributed by atoms with Gasteiger partial charge in [0.1, 0.15) is 0 Å². The Morgan fingerprint density at radius 1 is 1.31 bits per heavy atom. The molecule has 0 saturated carbocycles. The SMILES string of the molecule is CC(C)C(CN)N(Cc1cccs1)C(C)C. The molecule has 1 unspecified atom stereocenters. The second kappa shape index (κ2) is 6.38. The number of nitrogens with two attached hydrogens (primary N) is 1. The minimum absolute atomic E-state index is 0.474. The van der Waals surface area contributed by atoms with Crippen LogP contribution in [0.5, 0.6) is 0 Å². The average molecular weight is 240 g/mol. The van der Waals surface area contributed by atoms with Crippen LogP contribution in [-0.2, 0) is 6.54 Å². The Balaban J connectivity index is 2.73. The number of hydrogen-bond acceptors (Lipinski definition) is 3. The third-order valence-electron chi connectivity index (χ3n) is 3.02. The van der Waals surface area contributed by atoms with Crippen LogP contribution in [0.25, 0.3) is 0 Å². The van der Waals surface area contributed by atoms with E-state index in [-0.39, 0.29) is 0 Å². The van der Waals surface area contributed by atoms with E-state index in [1.165, 1.54) is 4.88 Å². The molecule has 2 nitrogen and oxygen atoms in total. The highest BCUT2D eigenvalue weighted by atomic mass is 32.1. The molecule has 0 fully saturated rings. The minimum Gasteiger partial charge on any atom is -0.329 e. The van der Waals surface area contributed by atoms with E-state index in [1.54, 1.807) is 0 Å². The molecule has 2 N–H and O–H groups in total. The van der Waals surface area contributed by atoms with Gasteiger partial charge in [-0.3, -0.25) is 4.90 Å². The molecule has 0 aliphatic carbocycles. The summed E-state index contributed by atoms with van der Waals surface area (Å²) in [4.78, 5) is 3.93. The van der Waals surface area contributed by atoms with Gasteiger partial charge in [-0.25, -0.2) is 0 Å². The zero-order valence-electron chi connectivity index (χ0n) is 10.8. The van der Waals surface area contributed by atoms with Crippen molar-refractivity contribution in [3.05, 3.63) is 22.4 Å². The van der Waals surface area contributed by atoms with Crippen LogP contribution in [0.3, 0.4) is 0 Å². The van der Waals surface area contributed by atoms with E-state index in [9.17, 15) is 0 Å². The summed E-state index contributed by atoms with van der Waals surface area (Å²) in [6.07, 6.45) is 0. The fraction of sp³-hybridized carbons (Fsp3) is 0.692. The van der Waals surface area contributed by atoms with Crippen molar-refractivity contribution in [2.24, 2.45) is 11.7 Å². The number of rotatable bonds is 6. The Kier molecular flexibility index (Phi) is 5.46. The smallest absolute Gasteiger partial charge is 0.0334 e. The highest BCUT2D eigenvalue weighted by molar-refractivity contribution is 7.09. The van der Waals surface area contributed by atoms with Gasteiger partial charge in [-0.2, -0.15) is 0 Å². The molecule has 16 heavy (non-hydrogen) atoms. The lowest BCUT2D eigenvalue weighted by molar-refractivity contribution is 0.115. The lowest BCUT2D eigenvalue weighted by Gasteiger charge is -2.36. The van der Waals surface area contributed by atoms with Crippen LogP contribution in [0.4, 0.5) is 0 Å². The highest BCUT2D eigenvalue weighted by Crippen LogP contribution is 2.19. The zero-order valence-corrected chi connectivity index (χ0v) is 11.6. The van der Waals surface area contributed by atoms with E-state index in [0.717, 1.165) is 13.1 Å². The minimum atomic E-state index is 0.474. The van der Waals surface area contributed by atoms with Gasteiger partial charge in [-0.1, -0.05) is 19.9 Å². The monoisotopic (exact) mass is 240 g/mol. The summed E-state index contributed by atoms with van der Waals surface area (Å²) >= 11 is 1.83. The van der Waals surface area contributed by atoms with Gasteiger partial charge in [-0.05, 0) is 31.2 Å². The maximum Gasteiger partial charge on any atom is 0.0334 e. The Morgan fingerprint density at radius 2 is 2.00 bits per heavy atom. The zero-order chi connectivity index (χ0) is 12.1. The molecule has 0 amide bonds. The highest BCUT2D eigenvalue weighted by Gasteiger charge is 2.23. The van der Waals surface area contributed by atoms with Gasteiger partial charge in [-0.15, -0.1) is 11.3 Å². The number of thiophene rings is 1. The lowest BCUT2D eigenvalue weighted by atomic mass is 10.0. The first-order valence-electron chi connectivity index (χ1n) is 6.04. The van der Waals surface area contributed by atoms with Crippen molar-refractivity contribution in [1.82, 2.24) is 4.90 Å². The third kappa shape index (κ3) is 3.58. The second-order valence-corrected chi connectivity index (χ2v) is 5.92. The average Bonchev–Trinajstić information content (AvgIpc) is 2.69. The summed E-state index contributed by atoms with van der Waals surface area (Å²) in [5.41, 5.74) is 5.90. The lowest BCUT2D eigenvalue weighted by Crippen LogP contribution is -2.47. The Labute approximate surface area is 103 Å². The topological polar surface area (TPSA) is 29.3 Å². The summed E-state index contributed by atoms with van der Waals surface area (Å²) in [6, 6.07) is 5.33. The summed E-state index contributed by atoms with van der Waals surface area (Å²) in [6.45, 7) is 10.8. The van der Waals surface area contributed by atoms with E-state index < -0.39 is 0 Å². The third-order valence-corrected chi connectivity index (χ3v) is 3.88. The van der Waals surface area contributed by atoms with Gasteiger partial charge in [0, 0.05) is 30.1 Å². The van der Waals surface area contributed by atoms with Gasteiger partial charge < -0.3 is 5.73 Å². The van der Waals surface area contributed by atoms with Crippen molar-refractivity contribution in [3.63, 3.8) is 0 Å². The van der Waals surface area contributed by atoms with Crippen molar-refractivity contribution >= 4 is 11.3 Å². The van der Waals surface area contributed by atoms with Gasteiger partial charge in [0.15, 0.2) is 0 Å². The van der Waals surface area contributed by atoms with E-state index in [2.05, 4.69) is 50.1 Å². The predicted molar refractivity (Wildman–Crippen MR) is 72.7 cm³/mol. The van der Waals surface area contributed by atoms with Crippen molar-refractivity contribution in [3.8, 4) is 0 Å². The fourth-order valence-electron chi connectivity index (χ4n) is 2.06. The molecule has 1 heterocycles. The van der Waals surface area contributed by atoms with E-state index in [4.69, 9.17) is 5.73 Å². The quantitative estimate of drug-likeness (QED) is 0.828. The van der Waals surface area contributed by atoms with Crippen LogP contribution < -0.4 is 5.73 Å². The molecule has 1 atom stereocenters. The largest absolute Gasteiger partial charge is 0.329 e. The van der Waals surface area contributed by atoms with Gasteiger partial charge in [0.2, 0.25) is 0 Å². The van der Waals surface area contributed by atoms with Crippen molar-refractivity contribution < 1.29 is 0 Å². The summed E-state index contributed by atoms with van der Waals surface area (Å²) in [7, 11) is 0. The molecule has 0 radical (unpaired) electrons. The Hall–Kier alpha value is -0.380. The first-order chi connectivity index (χ1) is 7.56. The van der Waals surface area contributed by atoms with Crippen LogP contribution in [-0.4, -0.2) is 23.5 Å². The summed E-state index contributed by atoms with van der Waals surface area (Å²) in [5.74, 6) is 0.604.